The third-order valence-electron chi connectivity index (χ3n) is 4.11. The number of aromatic nitrogens is 1. The standard InChI is InChI=1S/C14H20N2O2/c1-2-14(11-17)5-8-16(9-6-14)13(18)12-4-3-7-15-10-12/h3-4,7,10,17H,2,5-6,8-9,11H2,1H3. The first-order valence-corrected chi connectivity index (χ1v) is 6.51. The molecule has 0 bridgehead atoms. The van der Waals surface area contributed by atoms with Gasteiger partial charge in [-0.05, 0) is 36.8 Å². The molecule has 1 aromatic heterocycles. The van der Waals surface area contributed by atoms with Crippen LogP contribution in [0.1, 0.15) is 36.5 Å². The van der Waals surface area contributed by atoms with Crippen molar-refractivity contribution in [1.29, 1.82) is 0 Å². The highest BCUT2D eigenvalue weighted by molar-refractivity contribution is 5.93. The molecule has 1 saturated heterocycles. The number of rotatable bonds is 3. The van der Waals surface area contributed by atoms with Gasteiger partial charge in [0.1, 0.15) is 0 Å². The van der Waals surface area contributed by atoms with E-state index in [0.29, 0.717) is 5.56 Å². The van der Waals surface area contributed by atoms with Crippen LogP contribution in [0.4, 0.5) is 0 Å². The molecular formula is C14H20N2O2. The molecule has 0 aliphatic carbocycles. The molecule has 0 atom stereocenters. The molecule has 0 unspecified atom stereocenters. The fourth-order valence-electron chi connectivity index (χ4n) is 2.48. The van der Waals surface area contributed by atoms with Crippen molar-refractivity contribution >= 4 is 5.91 Å². The normalized spacial score (nSPS) is 18.7. The van der Waals surface area contributed by atoms with Crippen LogP contribution >= 0.6 is 0 Å². The average Bonchev–Trinajstić information content (AvgIpc) is 2.47. The summed E-state index contributed by atoms with van der Waals surface area (Å²) in [5, 5.41) is 9.47. The number of aliphatic hydroxyl groups excluding tert-OH is 1. The Morgan fingerprint density at radius 2 is 2.22 bits per heavy atom. The Hall–Kier alpha value is -1.42. The summed E-state index contributed by atoms with van der Waals surface area (Å²) >= 11 is 0. The number of likely N-dealkylation sites (tertiary alicyclic amines) is 1. The van der Waals surface area contributed by atoms with E-state index in [9.17, 15) is 9.90 Å². The first kappa shape index (κ1) is 13.0. The topological polar surface area (TPSA) is 53.4 Å². The van der Waals surface area contributed by atoms with E-state index in [1.165, 1.54) is 0 Å². The number of carbonyl (C=O) groups is 1. The predicted octanol–water partition coefficient (Wildman–Crippen LogP) is 1.71. The molecule has 1 aromatic rings. The zero-order chi connectivity index (χ0) is 13.0. The maximum absolute atomic E-state index is 12.2. The van der Waals surface area contributed by atoms with E-state index < -0.39 is 0 Å². The van der Waals surface area contributed by atoms with Crippen molar-refractivity contribution in [2.75, 3.05) is 19.7 Å². The second kappa shape index (κ2) is 5.48. The molecule has 2 heterocycles. The zero-order valence-corrected chi connectivity index (χ0v) is 10.8. The van der Waals surface area contributed by atoms with Gasteiger partial charge < -0.3 is 10.0 Å². The smallest absolute Gasteiger partial charge is 0.255 e. The number of pyridine rings is 1. The van der Waals surface area contributed by atoms with E-state index >= 15 is 0 Å². The van der Waals surface area contributed by atoms with Crippen LogP contribution in [0.3, 0.4) is 0 Å². The zero-order valence-electron chi connectivity index (χ0n) is 10.8. The van der Waals surface area contributed by atoms with Crippen molar-refractivity contribution in [1.82, 2.24) is 9.88 Å². The van der Waals surface area contributed by atoms with Gasteiger partial charge in [-0.3, -0.25) is 9.78 Å². The van der Waals surface area contributed by atoms with Crippen LogP contribution in [-0.4, -0.2) is 40.6 Å². The highest BCUT2D eigenvalue weighted by atomic mass is 16.3. The summed E-state index contributed by atoms with van der Waals surface area (Å²) in [7, 11) is 0. The molecule has 1 aliphatic heterocycles. The molecule has 98 valence electrons. The van der Waals surface area contributed by atoms with E-state index in [4.69, 9.17) is 0 Å². The van der Waals surface area contributed by atoms with Crippen molar-refractivity contribution in [3.63, 3.8) is 0 Å². The summed E-state index contributed by atoms with van der Waals surface area (Å²) in [4.78, 5) is 18.0. The molecule has 1 fully saturated rings. The maximum atomic E-state index is 12.2. The minimum atomic E-state index is 0.0196. The fourth-order valence-corrected chi connectivity index (χ4v) is 2.48. The third-order valence-corrected chi connectivity index (χ3v) is 4.11. The van der Waals surface area contributed by atoms with Crippen LogP contribution in [0.15, 0.2) is 24.5 Å². The molecule has 1 aliphatic rings. The van der Waals surface area contributed by atoms with Crippen LogP contribution < -0.4 is 0 Å². The minimum absolute atomic E-state index is 0.0196. The van der Waals surface area contributed by atoms with Crippen molar-refractivity contribution in [2.45, 2.75) is 26.2 Å². The highest BCUT2D eigenvalue weighted by Crippen LogP contribution is 2.34. The van der Waals surface area contributed by atoms with E-state index in [0.717, 1.165) is 32.4 Å². The maximum Gasteiger partial charge on any atom is 0.255 e. The summed E-state index contributed by atoms with van der Waals surface area (Å²) in [5.74, 6) is 0.0470. The Morgan fingerprint density at radius 3 is 2.72 bits per heavy atom. The Kier molecular flexibility index (Phi) is 3.97. The highest BCUT2D eigenvalue weighted by Gasteiger charge is 2.34. The number of amides is 1. The first-order chi connectivity index (χ1) is 8.71. The number of carbonyl (C=O) groups excluding carboxylic acids is 1. The number of hydrogen-bond donors (Lipinski definition) is 1. The third kappa shape index (κ3) is 2.53. The van der Waals surface area contributed by atoms with Gasteiger partial charge in [0, 0.05) is 32.1 Å². The van der Waals surface area contributed by atoms with Crippen LogP contribution in [0, 0.1) is 5.41 Å². The van der Waals surface area contributed by atoms with Gasteiger partial charge in [0.25, 0.3) is 5.91 Å². The van der Waals surface area contributed by atoms with Crippen LogP contribution in [0.5, 0.6) is 0 Å². The Balaban J connectivity index is 2.00. The van der Waals surface area contributed by atoms with Gasteiger partial charge in [-0.25, -0.2) is 0 Å². The quantitative estimate of drug-likeness (QED) is 0.886. The van der Waals surface area contributed by atoms with Gasteiger partial charge in [-0.1, -0.05) is 6.92 Å². The van der Waals surface area contributed by atoms with E-state index in [1.54, 1.807) is 24.5 Å². The molecule has 0 aromatic carbocycles. The van der Waals surface area contributed by atoms with Crippen molar-refractivity contribution in [3.8, 4) is 0 Å². The lowest BCUT2D eigenvalue weighted by Gasteiger charge is -2.40. The SMILES string of the molecule is CCC1(CO)CCN(C(=O)c2cccnc2)CC1. The lowest BCUT2D eigenvalue weighted by atomic mass is 9.77. The Bertz CT molecular complexity index is 392. The molecule has 2 rings (SSSR count). The van der Waals surface area contributed by atoms with Crippen molar-refractivity contribution in [3.05, 3.63) is 30.1 Å². The summed E-state index contributed by atoms with van der Waals surface area (Å²) in [5.41, 5.74) is 0.664. The number of hydrogen-bond acceptors (Lipinski definition) is 3. The van der Waals surface area contributed by atoms with Crippen LogP contribution in [0.2, 0.25) is 0 Å². The molecular weight excluding hydrogens is 228 g/mol. The molecule has 4 heteroatoms. The lowest BCUT2D eigenvalue weighted by Crippen LogP contribution is -2.44. The van der Waals surface area contributed by atoms with Crippen LogP contribution in [0.25, 0.3) is 0 Å². The minimum Gasteiger partial charge on any atom is -0.396 e. The predicted molar refractivity (Wildman–Crippen MR) is 69.2 cm³/mol. The number of nitrogens with zero attached hydrogens (tertiary/aromatic N) is 2. The summed E-state index contributed by atoms with van der Waals surface area (Å²) in [6.07, 6.45) is 6.01. The van der Waals surface area contributed by atoms with E-state index in [-0.39, 0.29) is 17.9 Å². The van der Waals surface area contributed by atoms with Gasteiger partial charge >= 0.3 is 0 Å². The van der Waals surface area contributed by atoms with E-state index in [1.807, 2.05) is 4.90 Å². The molecule has 4 nitrogen and oxygen atoms in total. The molecule has 0 saturated carbocycles. The fraction of sp³-hybridized carbons (Fsp3) is 0.571. The molecule has 0 radical (unpaired) electrons. The average molecular weight is 248 g/mol. The molecule has 1 N–H and O–H groups in total. The second-order valence-electron chi connectivity index (χ2n) is 5.05. The summed E-state index contributed by atoms with van der Waals surface area (Å²) in [6.45, 7) is 3.78. The largest absolute Gasteiger partial charge is 0.396 e. The van der Waals surface area contributed by atoms with Gasteiger partial charge in [-0.2, -0.15) is 0 Å². The first-order valence-electron chi connectivity index (χ1n) is 6.51. The Morgan fingerprint density at radius 1 is 1.50 bits per heavy atom. The van der Waals surface area contributed by atoms with Crippen molar-refractivity contribution < 1.29 is 9.90 Å². The van der Waals surface area contributed by atoms with E-state index in [2.05, 4.69) is 11.9 Å². The molecule has 1 amide bonds. The summed E-state index contributed by atoms with van der Waals surface area (Å²) in [6, 6.07) is 3.57. The van der Waals surface area contributed by atoms with Gasteiger partial charge in [0.2, 0.25) is 0 Å². The lowest BCUT2D eigenvalue weighted by molar-refractivity contribution is 0.0338. The monoisotopic (exact) mass is 248 g/mol. The number of piperidine rings is 1. The van der Waals surface area contributed by atoms with Gasteiger partial charge in [-0.15, -0.1) is 0 Å². The van der Waals surface area contributed by atoms with Gasteiger partial charge in [0.05, 0.1) is 5.56 Å². The van der Waals surface area contributed by atoms with Gasteiger partial charge in [0.15, 0.2) is 0 Å². The number of aliphatic hydroxyl groups is 1. The molecule has 0 spiro atoms. The van der Waals surface area contributed by atoms with Crippen LogP contribution in [-0.2, 0) is 0 Å². The van der Waals surface area contributed by atoms with Crippen molar-refractivity contribution in [2.24, 2.45) is 5.41 Å². The summed E-state index contributed by atoms with van der Waals surface area (Å²) < 4.78 is 0. The molecule has 18 heavy (non-hydrogen) atoms. The Labute approximate surface area is 108 Å². The second-order valence-corrected chi connectivity index (χ2v) is 5.05.